The van der Waals surface area contributed by atoms with Gasteiger partial charge in [0.15, 0.2) is 0 Å². The van der Waals surface area contributed by atoms with Crippen LogP contribution in [0.2, 0.25) is 0 Å². The summed E-state index contributed by atoms with van der Waals surface area (Å²) in [5.41, 5.74) is 2.49. The van der Waals surface area contributed by atoms with Crippen molar-refractivity contribution >= 4 is 0 Å². The fraction of sp³-hybridized carbons (Fsp3) is 0.556. The maximum atomic E-state index is 3.94. The summed E-state index contributed by atoms with van der Waals surface area (Å²) in [4.78, 5) is 0. The maximum Gasteiger partial charge on any atom is 0.0288 e. The van der Waals surface area contributed by atoms with Gasteiger partial charge >= 0.3 is 0 Å². The second-order valence-electron chi connectivity index (χ2n) is 3.03. The molecule has 0 aromatic heterocycles. The summed E-state index contributed by atoms with van der Waals surface area (Å²) in [7, 11) is 1.92. The molecule has 0 spiro atoms. The maximum absolute atomic E-state index is 3.94. The van der Waals surface area contributed by atoms with Gasteiger partial charge in [0.2, 0.25) is 0 Å². The van der Waals surface area contributed by atoms with Crippen molar-refractivity contribution in [1.82, 2.24) is 10.6 Å². The molecular weight excluding hydrogens is 136 g/mol. The van der Waals surface area contributed by atoms with Crippen molar-refractivity contribution in [3.63, 3.8) is 0 Å². The Morgan fingerprint density at radius 1 is 1.82 bits per heavy atom. The van der Waals surface area contributed by atoms with Crippen LogP contribution in [0.1, 0.15) is 6.92 Å². The topological polar surface area (TPSA) is 24.1 Å². The fourth-order valence-electron chi connectivity index (χ4n) is 1.30. The van der Waals surface area contributed by atoms with Gasteiger partial charge in [0, 0.05) is 31.8 Å². The van der Waals surface area contributed by atoms with Crippen molar-refractivity contribution in [2.24, 2.45) is 5.92 Å². The third kappa shape index (κ3) is 2.09. The average molecular weight is 152 g/mol. The van der Waals surface area contributed by atoms with Crippen LogP contribution in [0.3, 0.4) is 0 Å². The number of hydrogen-bond donors (Lipinski definition) is 2. The van der Waals surface area contributed by atoms with Crippen LogP contribution in [-0.2, 0) is 0 Å². The molecule has 0 saturated carbocycles. The number of nitrogens with one attached hydrogen (secondary N) is 2. The van der Waals surface area contributed by atoms with Crippen LogP contribution in [0.25, 0.3) is 0 Å². The molecule has 0 saturated heterocycles. The zero-order valence-corrected chi connectivity index (χ0v) is 7.28. The van der Waals surface area contributed by atoms with Gasteiger partial charge in [0.25, 0.3) is 0 Å². The molecule has 2 nitrogen and oxygen atoms in total. The molecule has 2 N–H and O–H groups in total. The Morgan fingerprint density at radius 3 is 3.09 bits per heavy atom. The molecule has 0 aliphatic carbocycles. The van der Waals surface area contributed by atoms with Crippen LogP contribution in [0.15, 0.2) is 23.9 Å². The van der Waals surface area contributed by atoms with Crippen molar-refractivity contribution < 1.29 is 0 Å². The zero-order chi connectivity index (χ0) is 8.27. The van der Waals surface area contributed by atoms with E-state index in [-0.39, 0.29) is 0 Å². The molecule has 1 unspecified atom stereocenters. The van der Waals surface area contributed by atoms with Gasteiger partial charge in [0.05, 0.1) is 0 Å². The summed E-state index contributed by atoms with van der Waals surface area (Å²) in [5.74, 6) is 0.466. The molecule has 0 radical (unpaired) electrons. The molecule has 0 aromatic carbocycles. The highest BCUT2D eigenvalue weighted by molar-refractivity contribution is 5.16. The molecule has 1 aliphatic rings. The summed E-state index contributed by atoms with van der Waals surface area (Å²) in [6, 6.07) is 0. The first kappa shape index (κ1) is 8.34. The zero-order valence-electron chi connectivity index (χ0n) is 7.28. The smallest absolute Gasteiger partial charge is 0.0288 e. The minimum Gasteiger partial charge on any atom is -0.391 e. The third-order valence-electron chi connectivity index (χ3n) is 2.02. The van der Waals surface area contributed by atoms with E-state index in [0.717, 1.165) is 18.8 Å². The van der Waals surface area contributed by atoms with E-state index in [1.165, 1.54) is 5.57 Å². The minimum atomic E-state index is 0.466. The monoisotopic (exact) mass is 152 g/mol. The van der Waals surface area contributed by atoms with Gasteiger partial charge in [-0.25, -0.2) is 0 Å². The first-order valence-electron chi connectivity index (χ1n) is 3.98. The van der Waals surface area contributed by atoms with Gasteiger partial charge in [-0.15, -0.1) is 0 Å². The summed E-state index contributed by atoms with van der Waals surface area (Å²) in [6.07, 6.45) is 2.27. The van der Waals surface area contributed by atoms with Crippen molar-refractivity contribution in [2.45, 2.75) is 6.92 Å². The highest BCUT2D eigenvalue weighted by Gasteiger charge is 2.12. The lowest BCUT2D eigenvalue weighted by Gasteiger charge is -2.22. The van der Waals surface area contributed by atoms with Crippen molar-refractivity contribution in [3.8, 4) is 0 Å². The Labute approximate surface area is 68.4 Å². The Kier molecular flexibility index (Phi) is 2.71. The van der Waals surface area contributed by atoms with Gasteiger partial charge < -0.3 is 10.6 Å². The van der Waals surface area contributed by atoms with Crippen molar-refractivity contribution in [3.05, 3.63) is 23.9 Å². The Morgan fingerprint density at radius 2 is 2.55 bits per heavy atom. The Hall–Kier alpha value is -0.760. The van der Waals surface area contributed by atoms with E-state index in [0.29, 0.717) is 5.92 Å². The van der Waals surface area contributed by atoms with Crippen LogP contribution < -0.4 is 10.6 Å². The first-order chi connectivity index (χ1) is 5.24. The van der Waals surface area contributed by atoms with Crippen molar-refractivity contribution in [2.75, 3.05) is 20.1 Å². The van der Waals surface area contributed by atoms with Crippen molar-refractivity contribution in [1.29, 1.82) is 0 Å². The van der Waals surface area contributed by atoms with Crippen LogP contribution in [0, 0.1) is 5.92 Å². The first-order valence-corrected chi connectivity index (χ1v) is 3.98. The number of rotatable bonds is 2. The molecule has 0 amide bonds. The molecule has 62 valence electrons. The summed E-state index contributed by atoms with van der Waals surface area (Å²) in [5, 5.41) is 6.41. The highest BCUT2D eigenvalue weighted by Crippen LogP contribution is 2.12. The van der Waals surface area contributed by atoms with E-state index in [1.54, 1.807) is 0 Å². The number of hydrogen-bond acceptors (Lipinski definition) is 2. The molecule has 1 rings (SSSR count). The largest absolute Gasteiger partial charge is 0.391 e. The van der Waals surface area contributed by atoms with E-state index in [2.05, 4.69) is 30.2 Å². The van der Waals surface area contributed by atoms with E-state index >= 15 is 0 Å². The lowest BCUT2D eigenvalue weighted by atomic mass is 10.00. The third-order valence-corrected chi connectivity index (χ3v) is 2.02. The van der Waals surface area contributed by atoms with Crippen LogP contribution in [0.4, 0.5) is 0 Å². The molecule has 11 heavy (non-hydrogen) atoms. The van der Waals surface area contributed by atoms with E-state index in [9.17, 15) is 0 Å². The molecule has 0 bridgehead atoms. The predicted molar refractivity (Wildman–Crippen MR) is 48.3 cm³/mol. The lowest BCUT2D eigenvalue weighted by Crippen LogP contribution is -2.31. The second-order valence-corrected chi connectivity index (χ2v) is 3.03. The summed E-state index contributed by atoms with van der Waals surface area (Å²) in [6.45, 7) is 8.11. The quantitative estimate of drug-likeness (QED) is 0.574. The SMILES string of the molecule is C=C(NC)C1C=C(C)CNC1. The fourth-order valence-corrected chi connectivity index (χ4v) is 1.30. The van der Waals surface area contributed by atoms with E-state index in [1.807, 2.05) is 7.05 Å². The van der Waals surface area contributed by atoms with Gasteiger partial charge in [-0.1, -0.05) is 18.2 Å². The molecule has 1 heterocycles. The molecular formula is C9H16N2. The molecule has 2 heteroatoms. The van der Waals surface area contributed by atoms with E-state index in [4.69, 9.17) is 0 Å². The highest BCUT2D eigenvalue weighted by atomic mass is 14.9. The van der Waals surface area contributed by atoms with Gasteiger partial charge in [-0.2, -0.15) is 0 Å². The van der Waals surface area contributed by atoms with Crippen LogP contribution in [-0.4, -0.2) is 20.1 Å². The minimum absolute atomic E-state index is 0.466. The molecule has 0 fully saturated rings. The van der Waals surface area contributed by atoms with E-state index < -0.39 is 0 Å². The molecule has 1 atom stereocenters. The normalized spacial score (nSPS) is 24.2. The van der Waals surface area contributed by atoms with Crippen LogP contribution in [0.5, 0.6) is 0 Å². The van der Waals surface area contributed by atoms with Gasteiger partial charge in [-0.3, -0.25) is 0 Å². The summed E-state index contributed by atoms with van der Waals surface area (Å²) < 4.78 is 0. The second kappa shape index (κ2) is 3.58. The average Bonchev–Trinajstić information content (AvgIpc) is 2.03. The standard InChI is InChI=1S/C9H16N2/c1-7-4-9(6-11-5-7)8(2)10-3/h4,9-11H,2,5-6H2,1,3H3. The van der Waals surface area contributed by atoms with Gasteiger partial charge in [-0.05, 0) is 6.92 Å². The lowest BCUT2D eigenvalue weighted by molar-refractivity contribution is 0.580. The molecule has 0 aromatic rings. The van der Waals surface area contributed by atoms with Gasteiger partial charge in [0.1, 0.15) is 0 Å². The predicted octanol–water partition coefficient (Wildman–Crippen LogP) is 0.885. The Bertz CT molecular complexity index is 182. The molecule has 1 aliphatic heterocycles. The Balaban J connectivity index is 2.59. The summed E-state index contributed by atoms with van der Waals surface area (Å²) >= 11 is 0. The van der Waals surface area contributed by atoms with Crippen LogP contribution >= 0.6 is 0 Å².